The van der Waals surface area contributed by atoms with Crippen LogP contribution in [0.5, 0.6) is 0 Å². The molecule has 1 aliphatic heterocycles. The highest BCUT2D eigenvalue weighted by Gasteiger charge is 2.11. The number of hydrogen-bond acceptors (Lipinski definition) is 4. The van der Waals surface area contributed by atoms with Crippen molar-refractivity contribution in [3.05, 3.63) is 47.0 Å². The van der Waals surface area contributed by atoms with Gasteiger partial charge in [0.1, 0.15) is 5.82 Å². The number of halogens is 1. The van der Waals surface area contributed by atoms with E-state index in [2.05, 4.69) is 55.0 Å². The molecule has 2 aromatic rings. The molecule has 1 aromatic heterocycles. The molecule has 1 aromatic carbocycles. The summed E-state index contributed by atoms with van der Waals surface area (Å²) >= 11 is 0. The van der Waals surface area contributed by atoms with Gasteiger partial charge in [0, 0.05) is 27.2 Å². The van der Waals surface area contributed by atoms with Gasteiger partial charge in [-0.25, -0.2) is 0 Å². The third kappa shape index (κ3) is 6.17. The largest absolute Gasteiger partial charge is 0.352 e. The Morgan fingerprint density at radius 3 is 2.26 bits per heavy atom. The van der Waals surface area contributed by atoms with Gasteiger partial charge in [-0.15, -0.1) is 34.2 Å². The summed E-state index contributed by atoms with van der Waals surface area (Å²) in [7, 11) is 3.74. The SMILES string of the molecule is CN=C(NCc1ccc(CN2CCCC2)cc1)NCc1nnc(C)n1C.I. The zero-order valence-electron chi connectivity index (χ0n) is 16.4. The molecule has 148 valence electrons. The normalized spacial score (nSPS) is 14.9. The predicted octanol–water partition coefficient (Wildman–Crippen LogP) is 2.20. The third-order valence-electron chi connectivity index (χ3n) is 4.91. The van der Waals surface area contributed by atoms with Crippen LogP contribution in [-0.4, -0.2) is 45.8 Å². The summed E-state index contributed by atoms with van der Waals surface area (Å²) in [5, 5.41) is 14.8. The Hall–Kier alpha value is -1.68. The fraction of sp³-hybridized carbons (Fsp3) is 0.526. The number of likely N-dealkylation sites (tertiary alicyclic amines) is 1. The molecule has 7 nitrogen and oxygen atoms in total. The van der Waals surface area contributed by atoms with Gasteiger partial charge in [0.05, 0.1) is 6.54 Å². The summed E-state index contributed by atoms with van der Waals surface area (Å²) in [5.41, 5.74) is 2.63. The first-order valence-corrected chi connectivity index (χ1v) is 9.25. The Morgan fingerprint density at radius 1 is 1.04 bits per heavy atom. The van der Waals surface area contributed by atoms with Crippen LogP contribution in [0.2, 0.25) is 0 Å². The van der Waals surface area contributed by atoms with Crippen molar-refractivity contribution in [1.29, 1.82) is 0 Å². The minimum atomic E-state index is 0. The summed E-state index contributed by atoms with van der Waals surface area (Å²) in [6.07, 6.45) is 2.67. The Bertz CT molecular complexity index is 733. The van der Waals surface area contributed by atoms with E-state index < -0.39 is 0 Å². The zero-order valence-corrected chi connectivity index (χ0v) is 18.7. The summed E-state index contributed by atoms with van der Waals surface area (Å²) in [5.74, 6) is 2.54. The Kier molecular flexibility index (Phi) is 8.49. The lowest BCUT2D eigenvalue weighted by Crippen LogP contribution is -2.36. The lowest BCUT2D eigenvalue weighted by molar-refractivity contribution is 0.331. The molecule has 0 amide bonds. The van der Waals surface area contributed by atoms with Crippen LogP contribution in [0.4, 0.5) is 0 Å². The summed E-state index contributed by atoms with van der Waals surface area (Å²) < 4.78 is 1.97. The second kappa shape index (κ2) is 10.6. The molecule has 3 rings (SSSR count). The molecular weight excluding hydrogens is 453 g/mol. The van der Waals surface area contributed by atoms with Crippen molar-refractivity contribution in [2.75, 3.05) is 20.1 Å². The van der Waals surface area contributed by atoms with E-state index in [-0.39, 0.29) is 24.0 Å². The van der Waals surface area contributed by atoms with Gasteiger partial charge in [0.2, 0.25) is 0 Å². The lowest BCUT2D eigenvalue weighted by Gasteiger charge is -2.15. The average molecular weight is 483 g/mol. The maximum atomic E-state index is 4.27. The Morgan fingerprint density at radius 2 is 1.67 bits per heavy atom. The molecule has 0 radical (unpaired) electrons. The van der Waals surface area contributed by atoms with Gasteiger partial charge in [0.15, 0.2) is 11.8 Å². The van der Waals surface area contributed by atoms with Crippen molar-refractivity contribution < 1.29 is 0 Å². The van der Waals surface area contributed by atoms with E-state index in [1.165, 1.54) is 37.1 Å². The van der Waals surface area contributed by atoms with Crippen LogP contribution in [0, 0.1) is 6.92 Å². The van der Waals surface area contributed by atoms with Crippen LogP contribution >= 0.6 is 24.0 Å². The molecule has 8 heteroatoms. The van der Waals surface area contributed by atoms with Gasteiger partial charge in [-0.1, -0.05) is 24.3 Å². The molecule has 27 heavy (non-hydrogen) atoms. The third-order valence-corrected chi connectivity index (χ3v) is 4.91. The highest BCUT2D eigenvalue weighted by molar-refractivity contribution is 14.0. The molecule has 1 saturated heterocycles. The first-order valence-electron chi connectivity index (χ1n) is 9.25. The van der Waals surface area contributed by atoms with Crippen molar-refractivity contribution in [3.63, 3.8) is 0 Å². The average Bonchev–Trinajstić information content (AvgIpc) is 3.28. The topological polar surface area (TPSA) is 70.4 Å². The van der Waals surface area contributed by atoms with Gasteiger partial charge in [0.25, 0.3) is 0 Å². The fourth-order valence-corrected chi connectivity index (χ4v) is 3.14. The van der Waals surface area contributed by atoms with Crippen LogP contribution in [0.1, 0.15) is 35.6 Å². The van der Waals surface area contributed by atoms with E-state index in [0.29, 0.717) is 6.54 Å². The minimum Gasteiger partial charge on any atom is -0.352 e. The molecule has 1 fully saturated rings. The maximum Gasteiger partial charge on any atom is 0.191 e. The standard InChI is InChI=1S/C19H29N7.HI/c1-15-23-24-18(25(15)3)13-22-19(20-2)21-12-16-6-8-17(9-7-16)14-26-10-4-5-11-26;/h6-9H,4-5,10-14H2,1-3H3,(H2,20,21,22);1H. The number of benzene rings is 1. The first kappa shape index (κ1) is 21.6. The second-order valence-electron chi connectivity index (χ2n) is 6.80. The molecule has 1 aliphatic rings. The molecule has 0 aliphatic carbocycles. The van der Waals surface area contributed by atoms with Crippen molar-refractivity contribution in [2.24, 2.45) is 12.0 Å². The van der Waals surface area contributed by atoms with Crippen LogP contribution in [0.15, 0.2) is 29.3 Å². The summed E-state index contributed by atoms with van der Waals surface area (Å²) in [6, 6.07) is 8.84. The zero-order chi connectivity index (χ0) is 18.4. The number of guanidine groups is 1. The van der Waals surface area contributed by atoms with Crippen LogP contribution in [0.25, 0.3) is 0 Å². The number of aliphatic imine (C=N–C) groups is 1. The molecule has 0 atom stereocenters. The predicted molar refractivity (Wildman–Crippen MR) is 119 cm³/mol. The minimum absolute atomic E-state index is 0. The monoisotopic (exact) mass is 483 g/mol. The quantitative estimate of drug-likeness (QED) is 0.375. The number of nitrogens with zero attached hydrogens (tertiary/aromatic N) is 5. The van der Waals surface area contributed by atoms with E-state index in [0.717, 1.165) is 30.7 Å². The van der Waals surface area contributed by atoms with E-state index in [1.54, 1.807) is 7.05 Å². The highest BCUT2D eigenvalue weighted by atomic mass is 127. The van der Waals surface area contributed by atoms with Gasteiger partial charge >= 0.3 is 0 Å². The molecule has 0 unspecified atom stereocenters. The van der Waals surface area contributed by atoms with Gasteiger partial charge < -0.3 is 15.2 Å². The van der Waals surface area contributed by atoms with Crippen molar-refractivity contribution in [2.45, 2.75) is 39.4 Å². The smallest absolute Gasteiger partial charge is 0.191 e. The molecule has 0 spiro atoms. The van der Waals surface area contributed by atoms with Gasteiger partial charge in [-0.2, -0.15) is 0 Å². The number of hydrogen-bond donors (Lipinski definition) is 2. The molecular formula is C19H30IN7. The Labute approximate surface area is 178 Å². The Balaban J connectivity index is 0.00000261. The summed E-state index contributed by atoms with van der Waals surface area (Å²) in [4.78, 5) is 6.79. The van der Waals surface area contributed by atoms with Crippen molar-refractivity contribution >= 4 is 29.9 Å². The van der Waals surface area contributed by atoms with Crippen molar-refractivity contribution in [3.8, 4) is 0 Å². The van der Waals surface area contributed by atoms with Crippen LogP contribution < -0.4 is 10.6 Å². The van der Waals surface area contributed by atoms with E-state index in [4.69, 9.17) is 0 Å². The second-order valence-corrected chi connectivity index (χ2v) is 6.80. The molecule has 0 bridgehead atoms. The van der Waals surface area contributed by atoms with Gasteiger partial charge in [-0.3, -0.25) is 9.89 Å². The molecule has 0 saturated carbocycles. The molecule has 2 heterocycles. The van der Waals surface area contributed by atoms with E-state index in [9.17, 15) is 0 Å². The van der Waals surface area contributed by atoms with E-state index >= 15 is 0 Å². The number of rotatable bonds is 6. The summed E-state index contributed by atoms with van der Waals surface area (Å²) in [6.45, 7) is 6.80. The van der Waals surface area contributed by atoms with Crippen LogP contribution in [0.3, 0.4) is 0 Å². The van der Waals surface area contributed by atoms with E-state index in [1.807, 2.05) is 18.5 Å². The van der Waals surface area contributed by atoms with Gasteiger partial charge in [-0.05, 0) is 44.0 Å². The lowest BCUT2D eigenvalue weighted by atomic mass is 10.1. The van der Waals surface area contributed by atoms with Crippen molar-refractivity contribution in [1.82, 2.24) is 30.3 Å². The highest BCUT2D eigenvalue weighted by Crippen LogP contribution is 2.13. The van der Waals surface area contributed by atoms with Crippen LogP contribution in [-0.2, 0) is 26.7 Å². The number of nitrogens with one attached hydrogen (secondary N) is 2. The number of aryl methyl sites for hydroxylation is 1. The molecule has 2 N–H and O–H groups in total. The fourth-order valence-electron chi connectivity index (χ4n) is 3.14. The first-order chi connectivity index (χ1) is 12.7. The number of aromatic nitrogens is 3. The maximum absolute atomic E-state index is 4.27.